The molecule has 1 aromatic carbocycles. The number of rotatable bonds is 9. The summed E-state index contributed by atoms with van der Waals surface area (Å²) in [6.45, 7) is 5.33. The number of halogens is 1. The highest BCUT2D eigenvalue weighted by molar-refractivity contribution is 7.93. The minimum absolute atomic E-state index is 0.0288. The van der Waals surface area contributed by atoms with E-state index in [1.807, 2.05) is 6.07 Å². The molecular weight excluding hydrogens is 517 g/mol. The van der Waals surface area contributed by atoms with E-state index >= 15 is 0 Å². The highest BCUT2D eigenvalue weighted by Gasteiger charge is 2.22. The second-order valence-electron chi connectivity index (χ2n) is 7.54. The molecule has 0 radical (unpaired) electrons. The van der Waals surface area contributed by atoms with Crippen molar-refractivity contribution in [3.8, 4) is 11.8 Å². The fourth-order valence-electron chi connectivity index (χ4n) is 3.27. The van der Waals surface area contributed by atoms with E-state index in [9.17, 15) is 18.1 Å². The van der Waals surface area contributed by atoms with Crippen LogP contribution in [0.5, 0.6) is 5.75 Å². The van der Waals surface area contributed by atoms with Crippen molar-refractivity contribution in [2.75, 3.05) is 11.3 Å². The molecule has 0 saturated carbocycles. The fourth-order valence-corrected chi connectivity index (χ4v) is 5.08. The van der Waals surface area contributed by atoms with Crippen LogP contribution in [0.1, 0.15) is 18.1 Å². The summed E-state index contributed by atoms with van der Waals surface area (Å²) in [6.07, 6.45) is 8.71. The highest BCUT2D eigenvalue weighted by Crippen LogP contribution is 2.31. The molecule has 3 aromatic rings. The lowest BCUT2D eigenvalue weighted by atomic mass is 10.0. The first-order chi connectivity index (χ1) is 17.8. The Morgan fingerprint density at radius 2 is 2.27 bits per heavy atom. The Morgan fingerprint density at radius 3 is 2.95 bits per heavy atom. The van der Waals surface area contributed by atoms with Crippen LogP contribution < -0.4 is 14.8 Å². The van der Waals surface area contributed by atoms with Crippen molar-refractivity contribution in [2.24, 2.45) is 4.99 Å². The Labute approximate surface area is 216 Å². The molecule has 37 heavy (non-hydrogen) atoms. The van der Waals surface area contributed by atoms with Crippen LogP contribution in [-0.2, 0) is 10.0 Å². The van der Waals surface area contributed by atoms with Gasteiger partial charge in [-0.25, -0.2) is 18.4 Å². The minimum atomic E-state index is -3.95. The van der Waals surface area contributed by atoms with Crippen molar-refractivity contribution in [3.63, 3.8) is 0 Å². The molecule has 188 valence electrons. The SMILES string of the molecule is C=CC(F)=N/C=C(\C)C1=CC(c2ccoc2)=C(Oc2ccc(S(=O)(=O)Nc3nccs3)cc2C#N)CN1. The van der Waals surface area contributed by atoms with E-state index < -0.39 is 16.0 Å². The molecule has 1 aliphatic heterocycles. The lowest BCUT2D eigenvalue weighted by molar-refractivity contribution is 0.408. The monoisotopic (exact) mass is 537 g/mol. The first-order valence-corrected chi connectivity index (χ1v) is 13.1. The number of anilines is 1. The van der Waals surface area contributed by atoms with Gasteiger partial charge >= 0.3 is 0 Å². The third-order valence-corrected chi connectivity index (χ3v) is 7.26. The average molecular weight is 538 g/mol. The zero-order chi connectivity index (χ0) is 26.4. The van der Waals surface area contributed by atoms with E-state index in [0.29, 0.717) is 28.2 Å². The Kier molecular flexibility index (Phi) is 7.66. The molecule has 1 aliphatic rings. The summed E-state index contributed by atoms with van der Waals surface area (Å²) in [5.41, 5.74) is 2.75. The molecule has 0 amide bonds. The molecule has 0 atom stereocenters. The Morgan fingerprint density at radius 1 is 1.43 bits per heavy atom. The van der Waals surface area contributed by atoms with Gasteiger partial charge in [-0.3, -0.25) is 4.72 Å². The summed E-state index contributed by atoms with van der Waals surface area (Å²) in [5.74, 6) is -0.0660. The molecule has 2 aromatic heterocycles. The number of hydrogen-bond acceptors (Lipinski definition) is 9. The van der Waals surface area contributed by atoms with Crippen LogP contribution in [0, 0.1) is 11.3 Å². The van der Waals surface area contributed by atoms with Gasteiger partial charge in [0.2, 0.25) is 5.97 Å². The average Bonchev–Trinajstić information content (AvgIpc) is 3.62. The molecule has 0 aliphatic carbocycles. The Balaban J connectivity index is 1.68. The largest absolute Gasteiger partial charge is 0.472 e. The zero-order valence-corrected chi connectivity index (χ0v) is 21.1. The molecule has 3 heterocycles. The number of nitrogens with one attached hydrogen (secondary N) is 2. The maximum absolute atomic E-state index is 13.4. The third-order valence-electron chi connectivity index (χ3n) is 5.10. The molecule has 2 N–H and O–H groups in total. The van der Waals surface area contributed by atoms with Crippen molar-refractivity contribution in [1.82, 2.24) is 10.3 Å². The van der Waals surface area contributed by atoms with Crippen LogP contribution in [0.25, 0.3) is 5.57 Å². The zero-order valence-electron chi connectivity index (χ0n) is 19.4. The van der Waals surface area contributed by atoms with Crippen LogP contribution in [0.2, 0.25) is 0 Å². The predicted molar refractivity (Wildman–Crippen MR) is 139 cm³/mol. The van der Waals surface area contributed by atoms with E-state index in [4.69, 9.17) is 9.15 Å². The number of ether oxygens (including phenoxy) is 1. The van der Waals surface area contributed by atoms with E-state index in [0.717, 1.165) is 17.4 Å². The van der Waals surface area contributed by atoms with Gasteiger partial charge in [-0.1, -0.05) is 6.58 Å². The second-order valence-corrected chi connectivity index (χ2v) is 10.1. The lowest BCUT2D eigenvalue weighted by Gasteiger charge is -2.23. The van der Waals surface area contributed by atoms with Gasteiger partial charge in [-0.2, -0.15) is 9.65 Å². The molecule has 0 saturated heterocycles. The van der Waals surface area contributed by atoms with Crippen LogP contribution >= 0.6 is 11.3 Å². The molecule has 0 spiro atoms. The number of allylic oxidation sites excluding steroid dienone is 4. The number of hydrogen-bond donors (Lipinski definition) is 2. The summed E-state index contributed by atoms with van der Waals surface area (Å²) >= 11 is 1.14. The number of aliphatic imine (C=N–C) groups is 1. The number of thiazole rings is 1. The number of dihydropyridines is 1. The summed E-state index contributed by atoms with van der Waals surface area (Å²) < 4.78 is 52.5. The van der Waals surface area contributed by atoms with Crippen molar-refractivity contribution in [2.45, 2.75) is 11.8 Å². The molecule has 9 nitrogen and oxygen atoms in total. The van der Waals surface area contributed by atoms with Gasteiger partial charge in [0, 0.05) is 34.6 Å². The summed E-state index contributed by atoms with van der Waals surface area (Å²) in [6, 6.07) is 7.75. The number of nitriles is 1. The molecule has 12 heteroatoms. The van der Waals surface area contributed by atoms with Crippen molar-refractivity contribution in [3.05, 3.63) is 101 Å². The fraction of sp³-hybridized carbons (Fsp3) is 0.0800. The Hall–Kier alpha value is -4.47. The van der Waals surface area contributed by atoms with Crippen molar-refractivity contribution >= 4 is 38.0 Å². The predicted octanol–water partition coefficient (Wildman–Crippen LogP) is 5.14. The van der Waals surface area contributed by atoms with Crippen LogP contribution in [0.4, 0.5) is 9.52 Å². The van der Waals surface area contributed by atoms with E-state index in [1.165, 1.54) is 43.1 Å². The molecule has 0 fully saturated rings. The van der Waals surface area contributed by atoms with Crippen LogP contribution in [-0.4, -0.2) is 25.9 Å². The number of furan rings is 1. The van der Waals surface area contributed by atoms with Gasteiger partial charge in [-0.05, 0) is 48.9 Å². The van der Waals surface area contributed by atoms with Crippen LogP contribution in [0.15, 0.2) is 105 Å². The van der Waals surface area contributed by atoms with E-state index in [1.54, 1.807) is 24.4 Å². The van der Waals surface area contributed by atoms with Gasteiger partial charge in [0.1, 0.15) is 17.6 Å². The number of benzene rings is 1. The van der Waals surface area contributed by atoms with Gasteiger partial charge in [0.25, 0.3) is 10.0 Å². The van der Waals surface area contributed by atoms with Gasteiger partial charge in [0.05, 0.1) is 29.5 Å². The molecule has 0 unspecified atom stereocenters. The maximum atomic E-state index is 13.4. The number of aromatic nitrogens is 1. The Bertz CT molecular complexity index is 1580. The van der Waals surface area contributed by atoms with Crippen molar-refractivity contribution in [1.29, 1.82) is 5.26 Å². The van der Waals surface area contributed by atoms with E-state index in [2.05, 4.69) is 26.6 Å². The second kappa shape index (κ2) is 11.1. The third kappa shape index (κ3) is 6.03. The molecule has 0 bridgehead atoms. The number of nitrogens with zero attached hydrogens (tertiary/aromatic N) is 3. The summed E-state index contributed by atoms with van der Waals surface area (Å²) in [7, 11) is -3.95. The normalized spacial score (nSPS) is 14.5. The highest BCUT2D eigenvalue weighted by atomic mass is 32.2. The maximum Gasteiger partial charge on any atom is 0.263 e. The summed E-state index contributed by atoms with van der Waals surface area (Å²) in [4.78, 5) is 7.51. The summed E-state index contributed by atoms with van der Waals surface area (Å²) in [5, 5.41) is 14.8. The minimum Gasteiger partial charge on any atom is -0.472 e. The topological polar surface area (TPSA) is 130 Å². The quantitative estimate of drug-likeness (QED) is 0.361. The molecular formula is C25H20FN5O4S2. The molecule has 4 rings (SSSR count). The first kappa shape index (κ1) is 25.6. The van der Waals surface area contributed by atoms with Crippen molar-refractivity contribution < 1.29 is 22.0 Å². The standard InChI is InChI=1S/C25H20FN5O4S2/c1-3-24(26)30-13-16(2)21-11-20(17-6-8-34-15-17)23(14-29-21)35-22-5-4-19(10-18(22)12-27)37(32,33)31-25-28-7-9-36-25/h3-11,13,15,29H,1,14H2,2H3,(H,28,31)/b16-13+,30-24?. The van der Waals surface area contributed by atoms with E-state index in [-0.39, 0.29) is 27.9 Å². The number of sulfonamides is 1. The van der Waals surface area contributed by atoms with Crippen LogP contribution in [0.3, 0.4) is 0 Å². The van der Waals surface area contributed by atoms with Gasteiger partial charge in [-0.15, -0.1) is 11.3 Å². The lowest BCUT2D eigenvalue weighted by Crippen LogP contribution is -2.25. The smallest absolute Gasteiger partial charge is 0.263 e. The first-order valence-electron chi connectivity index (χ1n) is 10.7. The van der Waals surface area contributed by atoms with Gasteiger partial charge < -0.3 is 14.5 Å². The van der Waals surface area contributed by atoms with Gasteiger partial charge in [0.15, 0.2) is 5.13 Å².